The molecule has 27 heavy (non-hydrogen) atoms. The number of hydrogen-bond acceptors (Lipinski definition) is 7. The first kappa shape index (κ1) is 18.5. The van der Waals surface area contributed by atoms with E-state index in [1.165, 1.54) is 18.2 Å². The van der Waals surface area contributed by atoms with Gasteiger partial charge in [0.2, 0.25) is 11.7 Å². The van der Waals surface area contributed by atoms with Crippen LogP contribution in [0.4, 0.5) is 10.1 Å². The Labute approximate surface area is 154 Å². The van der Waals surface area contributed by atoms with Crippen LogP contribution in [-0.4, -0.2) is 40.2 Å². The lowest BCUT2D eigenvalue weighted by Gasteiger charge is -2.14. The highest BCUT2D eigenvalue weighted by Gasteiger charge is 2.14. The van der Waals surface area contributed by atoms with Crippen LogP contribution in [0.1, 0.15) is 5.89 Å². The predicted molar refractivity (Wildman–Crippen MR) is 94.6 cm³/mol. The Bertz CT molecular complexity index is 931. The van der Waals surface area contributed by atoms with E-state index < -0.39 is 10.7 Å². The standard InChI is InChI=1S/C18H17FN4O4/c1-22(9-10-26-16-8-3-2-7-15(16)19)12-17-20-18(21-27-17)13-5-4-6-14(11-13)23(24)25/h2-8,11H,9-10,12H2,1H3. The molecule has 0 aliphatic rings. The summed E-state index contributed by atoms with van der Waals surface area (Å²) < 4.78 is 24.1. The monoisotopic (exact) mass is 372 g/mol. The lowest BCUT2D eigenvalue weighted by Crippen LogP contribution is -2.24. The Morgan fingerprint density at radius 3 is 2.85 bits per heavy atom. The molecule has 0 radical (unpaired) electrons. The summed E-state index contributed by atoms with van der Waals surface area (Å²) in [7, 11) is 1.84. The number of aromatic nitrogens is 2. The zero-order chi connectivity index (χ0) is 19.2. The van der Waals surface area contributed by atoms with Crippen molar-refractivity contribution in [2.45, 2.75) is 6.54 Å². The first-order valence-corrected chi connectivity index (χ1v) is 8.16. The zero-order valence-corrected chi connectivity index (χ0v) is 14.5. The Morgan fingerprint density at radius 2 is 2.07 bits per heavy atom. The van der Waals surface area contributed by atoms with Gasteiger partial charge in [0.1, 0.15) is 6.61 Å². The average molecular weight is 372 g/mol. The molecule has 0 bridgehead atoms. The van der Waals surface area contributed by atoms with E-state index in [1.54, 1.807) is 30.3 Å². The average Bonchev–Trinajstić information content (AvgIpc) is 3.12. The van der Waals surface area contributed by atoms with Gasteiger partial charge in [-0.3, -0.25) is 15.0 Å². The minimum Gasteiger partial charge on any atom is -0.489 e. The lowest BCUT2D eigenvalue weighted by molar-refractivity contribution is -0.384. The molecule has 1 heterocycles. The van der Waals surface area contributed by atoms with Gasteiger partial charge in [-0.05, 0) is 19.2 Å². The number of para-hydroxylation sites is 1. The molecule has 3 rings (SSSR count). The van der Waals surface area contributed by atoms with Crippen molar-refractivity contribution in [1.82, 2.24) is 15.0 Å². The van der Waals surface area contributed by atoms with Crippen LogP contribution in [0, 0.1) is 15.9 Å². The predicted octanol–water partition coefficient (Wildman–Crippen LogP) is 3.29. The number of non-ortho nitro benzene ring substituents is 1. The maximum Gasteiger partial charge on any atom is 0.270 e. The molecule has 9 heteroatoms. The lowest BCUT2D eigenvalue weighted by atomic mass is 10.2. The number of likely N-dealkylation sites (N-methyl/N-ethyl adjacent to an activating group) is 1. The molecule has 1 aromatic heterocycles. The number of nitro groups is 1. The normalized spacial score (nSPS) is 10.9. The van der Waals surface area contributed by atoms with Gasteiger partial charge in [-0.2, -0.15) is 4.98 Å². The Balaban J connectivity index is 1.55. The largest absolute Gasteiger partial charge is 0.489 e. The minimum atomic E-state index is -0.478. The summed E-state index contributed by atoms with van der Waals surface area (Å²) >= 11 is 0. The molecule has 0 atom stereocenters. The second kappa shape index (κ2) is 8.37. The second-order valence-corrected chi connectivity index (χ2v) is 5.84. The van der Waals surface area contributed by atoms with Crippen molar-refractivity contribution in [2.75, 3.05) is 20.2 Å². The summed E-state index contributed by atoms with van der Waals surface area (Å²) in [4.78, 5) is 16.5. The zero-order valence-electron chi connectivity index (χ0n) is 14.5. The van der Waals surface area contributed by atoms with Crippen LogP contribution < -0.4 is 4.74 Å². The van der Waals surface area contributed by atoms with Crippen molar-refractivity contribution >= 4 is 5.69 Å². The Hall–Kier alpha value is -3.33. The van der Waals surface area contributed by atoms with Crippen molar-refractivity contribution < 1.29 is 18.6 Å². The number of nitrogens with zero attached hydrogens (tertiary/aromatic N) is 4. The molecule has 0 unspecified atom stereocenters. The van der Waals surface area contributed by atoms with Crippen LogP contribution in [0.3, 0.4) is 0 Å². The first-order chi connectivity index (χ1) is 13.0. The van der Waals surface area contributed by atoms with Gasteiger partial charge < -0.3 is 9.26 Å². The number of rotatable bonds is 8. The van der Waals surface area contributed by atoms with E-state index >= 15 is 0 Å². The van der Waals surface area contributed by atoms with Gasteiger partial charge >= 0.3 is 0 Å². The fraction of sp³-hybridized carbons (Fsp3) is 0.222. The molecule has 0 amide bonds. The van der Waals surface area contributed by atoms with E-state index in [4.69, 9.17) is 9.26 Å². The van der Waals surface area contributed by atoms with Crippen LogP contribution in [-0.2, 0) is 6.54 Å². The van der Waals surface area contributed by atoms with Crippen LogP contribution >= 0.6 is 0 Å². The maximum absolute atomic E-state index is 13.5. The molecular formula is C18H17FN4O4. The SMILES string of the molecule is CN(CCOc1ccccc1F)Cc1nc(-c2cccc([N+](=O)[O-])c2)no1. The van der Waals surface area contributed by atoms with Gasteiger partial charge in [0.05, 0.1) is 11.5 Å². The highest BCUT2D eigenvalue weighted by atomic mass is 19.1. The quantitative estimate of drug-likeness (QED) is 0.442. The molecule has 3 aromatic rings. The molecule has 0 fully saturated rings. The number of halogens is 1. The first-order valence-electron chi connectivity index (χ1n) is 8.16. The van der Waals surface area contributed by atoms with Crippen LogP contribution in [0.5, 0.6) is 5.75 Å². The van der Waals surface area contributed by atoms with Gasteiger partial charge in [0.25, 0.3) is 5.69 Å². The van der Waals surface area contributed by atoms with Gasteiger partial charge in [0, 0.05) is 24.2 Å². The third-order valence-electron chi connectivity index (χ3n) is 3.76. The highest BCUT2D eigenvalue weighted by Crippen LogP contribution is 2.21. The summed E-state index contributed by atoms with van der Waals surface area (Å²) in [5.74, 6) is 0.449. The second-order valence-electron chi connectivity index (χ2n) is 5.84. The summed E-state index contributed by atoms with van der Waals surface area (Å²) in [6.45, 7) is 1.18. The molecule has 140 valence electrons. The summed E-state index contributed by atoms with van der Waals surface area (Å²) in [6.07, 6.45) is 0. The summed E-state index contributed by atoms with van der Waals surface area (Å²) in [6, 6.07) is 12.2. The number of benzene rings is 2. The van der Waals surface area contributed by atoms with E-state index in [1.807, 2.05) is 11.9 Å². The van der Waals surface area contributed by atoms with Crippen molar-refractivity contribution in [1.29, 1.82) is 0 Å². The van der Waals surface area contributed by atoms with E-state index in [-0.39, 0.29) is 17.3 Å². The smallest absolute Gasteiger partial charge is 0.270 e. The topological polar surface area (TPSA) is 94.5 Å². The van der Waals surface area contributed by atoms with Crippen molar-refractivity contribution in [3.05, 3.63) is 70.4 Å². The third-order valence-corrected chi connectivity index (χ3v) is 3.76. The Kier molecular flexibility index (Phi) is 5.72. The van der Waals surface area contributed by atoms with Crippen molar-refractivity contribution in [2.24, 2.45) is 0 Å². The van der Waals surface area contributed by atoms with E-state index in [0.717, 1.165) is 0 Å². The molecule has 0 aliphatic carbocycles. The summed E-state index contributed by atoms with van der Waals surface area (Å²) in [5, 5.41) is 14.7. The molecule has 0 N–H and O–H groups in total. The van der Waals surface area contributed by atoms with Gasteiger partial charge in [-0.15, -0.1) is 0 Å². The van der Waals surface area contributed by atoms with Crippen LogP contribution in [0.2, 0.25) is 0 Å². The minimum absolute atomic E-state index is 0.0405. The van der Waals surface area contributed by atoms with E-state index in [2.05, 4.69) is 10.1 Å². The van der Waals surface area contributed by atoms with Crippen molar-refractivity contribution in [3.8, 4) is 17.1 Å². The fourth-order valence-corrected chi connectivity index (χ4v) is 2.38. The summed E-state index contributed by atoms with van der Waals surface area (Å²) in [5.41, 5.74) is 0.464. The van der Waals surface area contributed by atoms with Gasteiger partial charge in [0.15, 0.2) is 11.6 Å². The van der Waals surface area contributed by atoms with E-state index in [0.29, 0.717) is 31.2 Å². The number of ether oxygens (including phenoxy) is 1. The fourth-order valence-electron chi connectivity index (χ4n) is 2.38. The molecule has 2 aromatic carbocycles. The maximum atomic E-state index is 13.5. The molecule has 0 saturated heterocycles. The molecule has 0 saturated carbocycles. The third kappa shape index (κ3) is 4.85. The van der Waals surface area contributed by atoms with Crippen LogP contribution in [0.15, 0.2) is 53.1 Å². The molecular weight excluding hydrogens is 355 g/mol. The number of nitro benzene ring substituents is 1. The number of hydrogen-bond donors (Lipinski definition) is 0. The highest BCUT2D eigenvalue weighted by molar-refractivity contribution is 5.58. The molecule has 8 nitrogen and oxygen atoms in total. The Morgan fingerprint density at radius 1 is 1.26 bits per heavy atom. The van der Waals surface area contributed by atoms with Crippen molar-refractivity contribution in [3.63, 3.8) is 0 Å². The molecule has 0 aliphatic heterocycles. The van der Waals surface area contributed by atoms with Gasteiger partial charge in [-0.25, -0.2) is 4.39 Å². The van der Waals surface area contributed by atoms with Gasteiger partial charge in [-0.1, -0.05) is 29.4 Å². The molecule has 0 spiro atoms. The van der Waals surface area contributed by atoms with Crippen LogP contribution in [0.25, 0.3) is 11.4 Å². The van der Waals surface area contributed by atoms with E-state index in [9.17, 15) is 14.5 Å².